The number of aromatic nitrogens is 1. The minimum absolute atomic E-state index is 0.0779. The fourth-order valence-electron chi connectivity index (χ4n) is 2.99. The molecule has 1 saturated carbocycles. The second-order valence-electron chi connectivity index (χ2n) is 5.96. The third-order valence-electron chi connectivity index (χ3n) is 4.26. The summed E-state index contributed by atoms with van der Waals surface area (Å²) in [6.45, 7) is 0. The predicted octanol–water partition coefficient (Wildman–Crippen LogP) is 4.80. The van der Waals surface area contributed by atoms with Gasteiger partial charge in [-0.05, 0) is 54.8 Å². The number of carbonyl (C=O) groups is 1. The molecular weight excluding hydrogens is 322 g/mol. The smallest absolute Gasteiger partial charge is 0.266 e. The number of amides is 1. The first-order valence-electron chi connectivity index (χ1n) is 8.02. The van der Waals surface area contributed by atoms with E-state index in [0.29, 0.717) is 16.8 Å². The quantitative estimate of drug-likeness (QED) is 0.642. The lowest BCUT2D eigenvalue weighted by atomic mass is 10.2. The highest BCUT2D eigenvalue weighted by Gasteiger charge is 2.16. The van der Waals surface area contributed by atoms with Crippen molar-refractivity contribution in [2.75, 3.05) is 5.32 Å². The van der Waals surface area contributed by atoms with Gasteiger partial charge < -0.3 is 9.88 Å². The van der Waals surface area contributed by atoms with Gasteiger partial charge in [-0.25, -0.2) is 0 Å². The van der Waals surface area contributed by atoms with Gasteiger partial charge in [0.25, 0.3) is 5.91 Å². The molecule has 1 fully saturated rings. The predicted molar refractivity (Wildman–Crippen MR) is 95.6 cm³/mol. The fourth-order valence-corrected chi connectivity index (χ4v) is 3.12. The zero-order valence-corrected chi connectivity index (χ0v) is 14.0. The average Bonchev–Trinajstić information content (AvgIpc) is 3.25. The van der Waals surface area contributed by atoms with Gasteiger partial charge in [0.15, 0.2) is 0 Å². The second-order valence-corrected chi connectivity index (χ2v) is 6.40. The van der Waals surface area contributed by atoms with Gasteiger partial charge in [0, 0.05) is 29.1 Å². The molecule has 1 aliphatic rings. The summed E-state index contributed by atoms with van der Waals surface area (Å²) in [5, 5.41) is 12.6. The number of carbonyl (C=O) groups excluding carboxylic acids is 1. The SMILES string of the molecule is N#C/C(=C\c1ccn(C2CCCC2)c1)C(=O)Nc1ccc(Cl)cc1. The number of nitrogens with one attached hydrogen (secondary N) is 1. The van der Waals surface area contributed by atoms with E-state index in [1.54, 1.807) is 30.3 Å². The summed E-state index contributed by atoms with van der Waals surface area (Å²) in [6.07, 6.45) is 10.6. The number of hydrogen-bond acceptors (Lipinski definition) is 2. The van der Waals surface area contributed by atoms with Crippen LogP contribution in [0, 0.1) is 11.3 Å². The normalized spacial score (nSPS) is 15.2. The van der Waals surface area contributed by atoms with Crippen LogP contribution in [0.2, 0.25) is 5.02 Å². The highest BCUT2D eigenvalue weighted by atomic mass is 35.5. The Hall–Kier alpha value is -2.51. The highest BCUT2D eigenvalue weighted by Crippen LogP contribution is 2.30. The van der Waals surface area contributed by atoms with E-state index in [-0.39, 0.29) is 5.57 Å². The van der Waals surface area contributed by atoms with Crippen molar-refractivity contribution in [1.29, 1.82) is 5.26 Å². The van der Waals surface area contributed by atoms with E-state index in [9.17, 15) is 10.1 Å². The van der Waals surface area contributed by atoms with E-state index < -0.39 is 5.91 Å². The maximum atomic E-state index is 12.3. The number of anilines is 1. The molecule has 5 heteroatoms. The number of halogens is 1. The monoisotopic (exact) mass is 339 g/mol. The molecule has 3 rings (SSSR count). The largest absolute Gasteiger partial charge is 0.351 e. The lowest BCUT2D eigenvalue weighted by Gasteiger charge is -2.10. The van der Waals surface area contributed by atoms with Crippen molar-refractivity contribution in [3.63, 3.8) is 0 Å². The first-order chi connectivity index (χ1) is 11.7. The van der Waals surface area contributed by atoms with Gasteiger partial charge in [-0.3, -0.25) is 4.79 Å². The van der Waals surface area contributed by atoms with Gasteiger partial charge in [0.2, 0.25) is 0 Å². The van der Waals surface area contributed by atoms with Crippen LogP contribution in [0.5, 0.6) is 0 Å². The first kappa shape index (κ1) is 16.4. The molecule has 122 valence electrons. The summed E-state index contributed by atoms with van der Waals surface area (Å²) in [4.78, 5) is 12.3. The van der Waals surface area contributed by atoms with Crippen molar-refractivity contribution < 1.29 is 4.79 Å². The van der Waals surface area contributed by atoms with E-state index in [0.717, 1.165) is 5.56 Å². The molecule has 24 heavy (non-hydrogen) atoms. The number of nitriles is 1. The summed E-state index contributed by atoms with van der Waals surface area (Å²) in [7, 11) is 0. The Morgan fingerprint density at radius 2 is 1.96 bits per heavy atom. The van der Waals surface area contributed by atoms with Crippen molar-refractivity contribution >= 4 is 29.3 Å². The lowest BCUT2D eigenvalue weighted by molar-refractivity contribution is -0.112. The molecule has 4 nitrogen and oxygen atoms in total. The lowest BCUT2D eigenvalue weighted by Crippen LogP contribution is -2.13. The van der Waals surface area contributed by atoms with Gasteiger partial charge in [-0.1, -0.05) is 24.4 Å². The zero-order valence-electron chi connectivity index (χ0n) is 13.2. The summed E-state index contributed by atoms with van der Waals surface area (Å²) < 4.78 is 2.19. The number of benzene rings is 1. The maximum absolute atomic E-state index is 12.3. The maximum Gasteiger partial charge on any atom is 0.266 e. The minimum atomic E-state index is -0.423. The Morgan fingerprint density at radius 1 is 1.25 bits per heavy atom. The third-order valence-corrected chi connectivity index (χ3v) is 4.51. The Bertz CT molecular complexity index is 793. The van der Waals surface area contributed by atoms with E-state index in [4.69, 9.17) is 11.6 Å². The van der Waals surface area contributed by atoms with Crippen LogP contribution in [0.15, 0.2) is 48.3 Å². The van der Waals surface area contributed by atoms with Crippen LogP contribution in [0.1, 0.15) is 37.3 Å². The van der Waals surface area contributed by atoms with Crippen molar-refractivity contribution in [2.24, 2.45) is 0 Å². The summed E-state index contributed by atoms with van der Waals surface area (Å²) >= 11 is 5.82. The summed E-state index contributed by atoms with van der Waals surface area (Å²) in [5.41, 5.74) is 1.55. The molecule has 0 bridgehead atoms. The van der Waals surface area contributed by atoms with Gasteiger partial charge in [-0.15, -0.1) is 0 Å². The molecule has 0 radical (unpaired) electrons. The summed E-state index contributed by atoms with van der Waals surface area (Å²) in [6, 6.07) is 11.2. The molecule has 1 heterocycles. The van der Waals surface area contributed by atoms with Crippen LogP contribution in [0.25, 0.3) is 6.08 Å². The highest BCUT2D eigenvalue weighted by molar-refractivity contribution is 6.30. The molecule has 0 spiro atoms. The van der Waals surface area contributed by atoms with Crippen molar-refractivity contribution in [3.8, 4) is 6.07 Å². The minimum Gasteiger partial charge on any atom is -0.351 e. The topological polar surface area (TPSA) is 57.8 Å². The van der Waals surface area contributed by atoms with Crippen LogP contribution in [0.4, 0.5) is 5.69 Å². The molecule has 1 aromatic heterocycles. The molecule has 0 aliphatic heterocycles. The van der Waals surface area contributed by atoms with E-state index in [2.05, 4.69) is 9.88 Å². The molecule has 1 aromatic carbocycles. The Morgan fingerprint density at radius 3 is 2.62 bits per heavy atom. The molecule has 0 saturated heterocycles. The Kier molecular flexibility index (Phi) is 5.02. The van der Waals surface area contributed by atoms with Gasteiger partial charge >= 0.3 is 0 Å². The molecular formula is C19H18ClN3O. The van der Waals surface area contributed by atoms with Gasteiger partial charge in [0.1, 0.15) is 11.6 Å². The van der Waals surface area contributed by atoms with E-state index in [1.165, 1.54) is 25.7 Å². The standard InChI is InChI=1S/C19H18ClN3O/c20-16-5-7-17(8-6-16)22-19(24)15(12-21)11-14-9-10-23(13-14)18-3-1-2-4-18/h5-11,13,18H,1-4H2,(H,22,24)/b15-11+. The first-order valence-corrected chi connectivity index (χ1v) is 8.40. The zero-order chi connectivity index (χ0) is 16.9. The van der Waals surface area contributed by atoms with E-state index in [1.807, 2.05) is 24.5 Å². The molecule has 0 atom stereocenters. The molecule has 2 aromatic rings. The van der Waals surface area contributed by atoms with Crippen LogP contribution in [-0.2, 0) is 4.79 Å². The van der Waals surface area contributed by atoms with Crippen LogP contribution in [-0.4, -0.2) is 10.5 Å². The van der Waals surface area contributed by atoms with Gasteiger partial charge in [0.05, 0.1) is 0 Å². The number of rotatable bonds is 4. The van der Waals surface area contributed by atoms with Crippen LogP contribution >= 0.6 is 11.6 Å². The molecule has 0 unspecified atom stereocenters. The molecule has 1 aliphatic carbocycles. The third kappa shape index (κ3) is 3.87. The van der Waals surface area contributed by atoms with E-state index >= 15 is 0 Å². The number of hydrogen-bond donors (Lipinski definition) is 1. The Balaban J connectivity index is 1.72. The average molecular weight is 340 g/mol. The van der Waals surface area contributed by atoms with Crippen molar-refractivity contribution in [3.05, 3.63) is 58.9 Å². The summed E-state index contributed by atoms with van der Waals surface area (Å²) in [5.74, 6) is -0.423. The van der Waals surface area contributed by atoms with Crippen LogP contribution < -0.4 is 5.32 Å². The van der Waals surface area contributed by atoms with Gasteiger partial charge in [-0.2, -0.15) is 5.26 Å². The van der Waals surface area contributed by atoms with Crippen LogP contribution in [0.3, 0.4) is 0 Å². The molecule has 1 N–H and O–H groups in total. The second kappa shape index (κ2) is 7.37. The Labute approximate surface area is 146 Å². The number of nitrogens with zero attached hydrogens (tertiary/aromatic N) is 2. The molecule has 1 amide bonds. The van der Waals surface area contributed by atoms with Crippen molar-refractivity contribution in [1.82, 2.24) is 4.57 Å². The van der Waals surface area contributed by atoms with Crippen molar-refractivity contribution in [2.45, 2.75) is 31.7 Å². The fraction of sp³-hybridized carbons (Fsp3) is 0.263.